The second-order valence-corrected chi connectivity index (χ2v) is 6.39. The SMILES string of the molecule is Cc1cc(C(C)(O)CNC(=O)CC(C)c2ccccc2)c(C)o1. The van der Waals surface area contributed by atoms with Gasteiger partial charge in [0.25, 0.3) is 0 Å². The lowest BCUT2D eigenvalue weighted by Crippen LogP contribution is -2.39. The molecule has 0 aliphatic carbocycles. The molecule has 2 aromatic rings. The molecule has 4 nitrogen and oxygen atoms in total. The van der Waals surface area contributed by atoms with Gasteiger partial charge in [-0.25, -0.2) is 0 Å². The zero-order chi connectivity index (χ0) is 17.0. The first kappa shape index (κ1) is 17.3. The van der Waals surface area contributed by atoms with Crippen molar-refractivity contribution in [3.63, 3.8) is 0 Å². The summed E-state index contributed by atoms with van der Waals surface area (Å²) in [6.07, 6.45) is 0.392. The van der Waals surface area contributed by atoms with Gasteiger partial charge >= 0.3 is 0 Å². The lowest BCUT2D eigenvalue weighted by Gasteiger charge is -2.23. The standard InChI is InChI=1S/C19H25NO3/c1-13(16-8-6-5-7-9-16)10-18(21)20-12-19(4,22)17-11-14(2)23-15(17)3/h5-9,11,13,22H,10,12H2,1-4H3,(H,20,21). The first-order valence-corrected chi connectivity index (χ1v) is 7.91. The summed E-state index contributed by atoms with van der Waals surface area (Å²) in [7, 11) is 0. The van der Waals surface area contributed by atoms with E-state index in [0.717, 1.165) is 11.3 Å². The van der Waals surface area contributed by atoms with Gasteiger partial charge < -0.3 is 14.8 Å². The van der Waals surface area contributed by atoms with Crippen LogP contribution in [-0.4, -0.2) is 17.6 Å². The van der Waals surface area contributed by atoms with Crippen molar-refractivity contribution in [2.45, 2.75) is 45.6 Å². The van der Waals surface area contributed by atoms with Crippen molar-refractivity contribution in [3.8, 4) is 0 Å². The van der Waals surface area contributed by atoms with Crippen LogP contribution in [0.1, 0.15) is 48.8 Å². The Balaban J connectivity index is 1.92. The summed E-state index contributed by atoms with van der Waals surface area (Å²) in [6, 6.07) is 11.8. The molecule has 0 fully saturated rings. The van der Waals surface area contributed by atoms with Gasteiger partial charge in [-0.05, 0) is 38.3 Å². The fraction of sp³-hybridized carbons (Fsp3) is 0.421. The number of rotatable bonds is 6. The van der Waals surface area contributed by atoms with Crippen LogP contribution in [0.5, 0.6) is 0 Å². The highest BCUT2D eigenvalue weighted by Crippen LogP contribution is 2.26. The number of furan rings is 1. The van der Waals surface area contributed by atoms with Gasteiger partial charge in [-0.3, -0.25) is 4.79 Å². The van der Waals surface area contributed by atoms with Crippen LogP contribution >= 0.6 is 0 Å². The fourth-order valence-corrected chi connectivity index (χ4v) is 2.78. The molecule has 0 saturated carbocycles. The van der Waals surface area contributed by atoms with Crippen molar-refractivity contribution >= 4 is 5.91 Å². The van der Waals surface area contributed by atoms with E-state index in [4.69, 9.17) is 4.42 Å². The molecule has 1 aromatic heterocycles. The fourth-order valence-electron chi connectivity index (χ4n) is 2.78. The predicted octanol–water partition coefficient (Wildman–Crippen LogP) is 3.41. The first-order valence-electron chi connectivity index (χ1n) is 7.91. The Morgan fingerprint density at radius 3 is 2.52 bits per heavy atom. The molecular formula is C19H25NO3. The summed E-state index contributed by atoms with van der Waals surface area (Å²) in [5.74, 6) is 1.50. The number of nitrogens with one attached hydrogen (secondary N) is 1. The molecule has 23 heavy (non-hydrogen) atoms. The molecule has 2 N–H and O–H groups in total. The topological polar surface area (TPSA) is 62.5 Å². The smallest absolute Gasteiger partial charge is 0.220 e. The summed E-state index contributed by atoms with van der Waals surface area (Å²) in [5.41, 5.74) is 0.704. The van der Waals surface area contributed by atoms with Crippen molar-refractivity contribution in [2.75, 3.05) is 6.54 Å². The zero-order valence-corrected chi connectivity index (χ0v) is 14.2. The number of hydrogen-bond acceptors (Lipinski definition) is 3. The van der Waals surface area contributed by atoms with E-state index in [1.165, 1.54) is 0 Å². The lowest BCUT2D eigenvalue weighted by molar-refractivity contribution is -0.122. The molecule has 1 heterocycles. The number of amides is 1. The Labute approximate surface area is 137 Å². The maximum absolute atomic E-state index is 12.1. The van der Waals surface area contributed by atoms with Crippen LogP contribution < -0.4 is 5.32 Å². The molecule has 1 amide bonds. The second kappa shape index (κ2) is 7.01. The average Bonchev–Trinajstić information content (AvgIpc) is 2.86. The van der Waals surface area contributed by atoms with E-state index >= 15 is 0 Å². The monoisotopic (exact) mass is 315 g/mol. The van der Waals surface area contributed by atoms with Crippen LogP contribution in [0.2, 0.25) is 0 Å². The van der Waals surface area contributed by atoms with E-state index in [9.17, 15) is 9.90 Å². The molecule has 0 spiro atoms. The van der Waals surface area contributed by atoms with Crippen molar-refractivity contribution in [1.82, 2.24) is 5.32 Å². The summed E-state index contributed by atoms with van der Waals surface area (Å²) < 4.78 is 5.46. The molecule has 124 valence electrons. The Morgan fingerprint density at radius 1 is 1.30 bits per heavy atom. The molecule has 2 atom stereocenters. The molecule has 0 bridgehead atoms. The number of aliphatic hydroxyl groups is 1. The molecule has 2 unspecified atom stereocenters. The summed E-state index contributed by atoms with van der Waals surface area (Å²) >= 11 is 0. The molecule has 0 saturated heterocycles. The van der Waals surface area contributed by atoms with Gasteiger partial charge in [-0.1, -0.05) is 37.3 Å². The van der Waals surface area contributed by atoms with Crippen molar-refractivity contribution in [3.05, 3.63) is 59.0 Å². The van der Waals surface area contributed by atoms with Crippen LogP contribution in [0.3, 0.4) is 0 Å². The number of benzene rings is 1. The Hall–Kier alpha value is -2.07. The van der Waals surface area contributed by atoms with Crippen LogP contribution in [-0.2, 0) is 10.4 Å². The van der Waals surface area contributed by atoms with Gasteiger partial charge in [0.2, 0.25) is 5.91 Å². The summed E-state index contributed by atoms with van der Waals surface area (Å²) in [5, 5.41) is 13.4. The molecule has 0 aliphatic heterocycles. The van der Waals surface area contributed by atoms with Crippen LogP contribution in [0.25, 0.3) is 0 Å². The van der Waals surface area contributed by atoms with Gasteiger partial charge in [0.05, 0.1) is 6.54 Å². The summed E-state index contributed by atoms with van der Waals surface area (Å²) in [4.78, 5) is 12.1. The van der Waals surface area contributed by atoms with E-state index in [-0.39, 0.29) is 18.4 Å². The second-order valence-electron chi connectivity index (χ2n) is 6.39. The minimum Gasteiger partial charge on any atom is -0.466 e. The van der Waals surface area contributed by atoms with E-state index in [1.807, 2.05) is 57.2 Å². The van der Waals surface area contributed by atoms with Crippen LogP contribution in [0.4, 0.5) is 0 Å². The Morgan fingerprint density at radius 2 is 1.96 bits per heavy atom. The van der Waals surface area contributed by atoms with E-state index < -0.39 is 5.60 Å². The normalized spacial score (nSPS) is 15.0. The minimum atomic E-state index is -1.15. The highest BCUT2D eigenvalue weighted by atomic mass is 16.3. The van der Waals surface area contributed by atoms with E-state index in [2.05, 4.69) is 5.32 Å². The van der Waals surface area contributed by atoms with Crippen molar-refractivity contribution in [2.24, 2.45) is 0 Å². The Kier molecular flexibility index (Phi) is 5.26. The molecule has 0 radical (unpaired) electrons. The van der Waals surface area contributed by atoms with E-state index in [0.29, 0.717) is 17.7 Å². The van der Waals surface area contributed by atoms with Gasteiger partial charge in [-0.15, -0.1) is 0 Å². The van der Waals surface area contributed by atoms with Crippen molar-refractivity contribution < 1.29 is 14.3 Å². The number of carbonyl (C=O) groups is 1. The predicted molar refractivity (Wildman–Crippen MR) is 90.2 cm³/mol. The van der Waals surface area contributed by atoms with Gasteiger partial charge in [0.15, 0.2) is 0 Å². The van der Waals surface area contributed by atoms with Crippen LogP contribution in [0, 0.1) is 13.8 Å². The number of aryl methyl sites for hydroxylation is 2. The highest BCUT2D eigenvalue weighted by Gasteiger charge is 2.28. The van der Waals surface area contributed by atoms with Gasteiger partial charge in [0, 0.05) is 12.0 Å². The summed E-state index contributed by atoms with van der Waals surface area (Å²) in [6.45, 7) is 7.53. The number of hydrogen-bond donors (Lipinski definition) is 2. The van der Waals surface area contributed by atoms with E-state index in [1.54, 1.807) is 6.92 Å². The molecular weight excluding hydrogens is 290 g/mol. The largest absolute Gasteiger partial charge is 0.466 e. The van der Waals surface area contributed by atoms with Gasteiger partial charge in [-0.2, -0.15) is 0 Å². The third-order valence-electron chi connectivity index (χ3n) is 4.11. The first-order chi connectivity index (χ1) is 10.8. The lowest BCUT2D eigenvalue weighted by atomic mass is 9.95. The molecule has 1 aromatic carbocycles. The molecule has 0 aliphatic rings. The maximum atomic E-state index is 12.1. The third kappa shape index (κ3) is 4.45. The zero-order valence-electron chi connectivity index (χ0n) is 14.2. The number of carbonyl (C=O) groups excluding carboxylic acids is 1. The Bertz CT molecular complexity index is 659. The molecule has 4 heteroatoms. The van der Waals surface area contributed by atoms with Crippen molar-refractivity contribution in [1.29, 1.82) is 0 Å². The van der Waals surface area contributed by atoms with Gasteiger partial charge in [0.1, 0.15) is 17.1 Å². The minimum absolute atomic E-state index is 0.0699. The van der Waals surface area contributed by atoms with Crippen LogP contribution in [0.15, 0.2) is 40.8 Å². The third-order valence-corrected chi connectivity index (χ3v) is 4.11. The average molecular weight is 315 g/mol. The highest BCUT2D eigenvalue weighted by molar-refractivity contribution is 5.76. The maximum Gasteiger partial charge on any atom is 0.220 e. The molecule has 2 rings (SSSR count). The quantitative estimate of drug-likeness (QED) is 0.858.